The summed E-state index contributed by atoms with van der Waals surface area (Å²) in [6.07, 6.45) is 3.59. The number of amides is 1. The molecule has 5 nitrogen and oxygen atoms in total. The van der Waals surface area contributed by atoms with E-state index in [1.807, 2.05) is 38.1 Å². The highest BCUT2D eigenvalue weighted by molar-refractivity contribution is 5.67. The van der Waals surface area contributed by atoms with Gasteiger partial charge in [-0.05, 0) is 38.7 Å². The Hall–Kier alpha value is -2.57. The van der Waals surface area contributed by atoms with Crippen LogP contribution >= 0.6 is 0 Å². The van der Waals surface area contributed by atoms with Gasteiger partial charge in [-0.3, -0.25) is 9.97 Å². The van der Waals surface area contributed by atoms with Crippen LogP contribution in [-0.2, 0) is 17.8 Å². The largest absolute Gasteiger partial charge is 0.445 e. The maximum absolute atomic E-state index is 14.6. The SMILES string of the molecule is Cc1ccc(COC(=O)N2CC[C@H](CCc3cnc(C)cn3)C(F)(F)C2)cc1. The quantitative estimate of drug-likeness (QED) is 0.764. The van der Waals surface area contributed by atoms with Gasteiger partial charge in [0.25, 0.3) is 5.92 Å². The Morgan fingerprint density at radius 3 is 2.61 bits per heavy atom. The number of rotatable bonds is 5. The van der Waals surface area contributed by atoms with Crippen LogP contribution < -0.4 is 0 Å². The highest BCUT2D eigenvalue weighted by Gasteiger charge is 2.45. The molecule has 0 N–H and O–H groups in total. The van der Waals surface area contributed by atoms with E-state index >= 15 is 0 Å². The second kappa shape index (κ2) is 8.63. The number of carbonyl (C=O) groups excluding carboxylic acids is 1. The van der Waals surface area contributed by atoms with E-state index in [0.717, 1.165) is 21.7 Å². The van der Waals surface area contributed by atoms with Crippen molar-refractivity contribution < 1.29 is 18.3 Å². The molecule has 2 aromatic rings. The number of hydrogen-bond donors (Lipinski definition) is 0. The molecule has 0 radical (unpaired) electrons. The van der Waals surface area contributed by atoms with Gasteiger partial charge in [0.15, 0.2) is 0 Å². The van der Waals surface area contributed by atoms with Crippen LogP contribution in [0.5, 0.6) is 0 Å². The molecule has 1 aliphatic rings. The maximum atomic E-state index is 14.6. The number of aromatic nitrogens is 2. The smallest absolute Gasteiger partial charge is 0.410 e. The average Bonchev–Trinajstić information content (AvgIpc) is 2.67. The van der Waals surface area contributed by atoms with Gasteiger partial charge in [-0.25, -0.2) is 13.6 Å². The fourth-order valence-corrected chi connectivity index (χ4v) is 3.29. The summed E-state index contributed by atoms with van der Waals surface area (Å²) in [5.74, 6) is -3.73. The van der Waals surface area contributed by atoms with Crippen LogP contribution in [0.15, 0.2) is 36.7 Å². The number of halogens is 2. The fraction of sp³-hybridized carbons (Fsp3) is 0.476. The number of alkyl halides is 2. The third-order valence-electron chi connectivity index (χ3n) is 5.07. The van der Waals surface area contributed by atoms with E-state index in [9.17, 15) is 13.6 Å². The van der Waals surface area contributed by atoms with E-state index in [1.165, 1.54) is 0 Å². The van der Waals surface area contributed by atoms with Crippen molar-refractivity contribution in [2.75, 3.05) is 13.1 Å². The molecule has 1 fully saturated rings. The van der Waals surface area contributed by atoms with Gasteiger partial charge in [-0.15, -0.1) is 0 Å². The first kappa shape index (κ1) is 20.2. The summed E-state index contributed by atoms with van der Waals surface area (Å²) in [5.41, 5.74) is 3.45. The van der Waals surface area contributed by atoms with Crippen LogP contribution in [0.4, 0.5) is 13.6 Å². The van der Waals surface area contributed by atoms with E-state index in [4.69, 9.17) is 4.74 Å². The topological polar surface area (TPSA) is 55.3 Å². The fourth-order valence-electron chi connectivity index (χ4n) is 3.29. The van der Waals surface area contributed by atoms with Gasteiger partial charge in [0.1, 0.15) is 6.61 Å². The van der Waals surface area contributed by atoms with Gasteiger partial charge in [-0.1, -0.05) is 29.8 Å². The molecule has 7 heteroatoms. The van der Waals surface area contributed by atoms with Crippen molar-refractivity contribution in [3.63, 3.8) is 0 Å². The van der Waals surface area contributed by atoms with Crippen LogP contribution in [0, 0.1) is 19.8 Å². The first-order valence-corrected chi connectivity index (χ1v) is 9.46. The predicted octanol–water partition coefficient (Wildman–Crippen LogP) is 4.32. The number of nitrogens with zero attached hydrogens (tertiary/aromatic N) is 3. The van der Waals surface area contributed by atoms with Crippen molar-refractivity contribution in [2.45, 2.75) is 45.6 Å². The zero-order chi connectivity index (χ0) is 20.1. The highest BCUT2D eigenvalue weighted by Crippen LogP contribution is 2.36. The maximum Gasteiger partial charge on any atom is 0.410 e. The Morgan fingerprint density at radius 1 is 1.21 bits per heavy atom. The van der Waals surface area contributed by atoms with Crippen LogP contribution in [0.3, 0.4) is 0 Å². The minimum atomic E-state index is -2.95. The molecule has 2 heterocycles. The van der Waals surface area contributed by atoms with Crippen molar-refractivity contribution in [3.05, 3.63) is 59.2 Å². The third kappa shape index (κ3) is 5.24. The Kier molecular flexibility index (Phi) is 6.21. The number of carbonyl (C=O) groups is 1. The molecule has 0 bridgehead atoms. The standard InChI is InChI=1S/C21H25F2N3O2/c1-15-3-5-17(6-4-15)13-28-20(27)26-10-9-18(21(22,23)14-26)7-8-19-12-24-16(2)11-25-19/h3-6,11-12,18H,7-10,13-14H2,1-2H3/t18-/m0/s1. The van der Waals surface area contributed by atoms with Gasteiger partial charge in [0.2, 0.25) is 0 Å². The summed E-state index contributed by atoms with van der Waals surface area (Å²) in [6, 6.07) is 7.55. The lowest BCUT2D eigenvalue weighted by atomic mass is 9.88. The van der Waals surface area contributed by atoms with Crippen LogP contribution in [0.25, 0.3) is 0 Å². The lowest BCUT2D eigenvalue weighted by molar-refractivity contribution is -0.108. The van der Waals surface area contributed by atoms with Crippen LogP contribution in [0.1, 0.15) is 35.4 Å². The molecular formula is C21H25F2N3O2. The average molecular weight is 389 g/mol. The summed E-state index contributed by atoms with van der Waals surface area (Å²) in [5, 5.41) is 0. The number of aryl methyl sites for hydroxylation is 3. The molecule has 28 heavy (non-hydrogen) atoms. The summed E-state index contributed by atoms with van der Waals surface area (Å²) >= 11 is 0. The Balaban J connectivity index is 1.49. The van der Waals surface area contributed by atoms with Gasteiger partial charge in [0, 0.05) is 24.9 Å². The first-order chi connectivity index (χ1) is 13.3. The van der Waals surface area contributed by atoms with E-state index in [-0.39, 0.29) is 19.6 Å². The molecule has 0 saturated carbocycles. The van der Waals surface area contributed by atoms with E-state index < -0.39 is 24.5 Å². The molecule has 1 aromatic carbocycles. The van der Waals surface area contributed by atoms with Crippen molar-refractivity contribution in [1.29, 1.82) is 0 Å². The molecule has 0 spiro atoms. The number of likely N-dealkylation sites (tertiary alicyclic amines) is 1. The molecular weight excluding hydrogens is 364 g/mol. The monoisotopic (exact) mass is 389 g/mol. The second-order valence-electron chi connectivity index (χ2n) is 7.40. The van der Waals surface area contributed by atoms with E-state index in [1.54, 1.807) is 12.4 Å². The van der Waals surface area contributed by atoms with E-state index in [2.05, 4.69) is 9.97 Å². The minimum absolute atomic E-state index is 0.0801. The number of benzene rings is 1. The number of hydrogen-bond acceptors (Lipinski definition) is 4. The second-order valence-corrected chi connectivity index (χ2v) is 7.40. The third-order valence-corrected chi connectivity index (χ3v) is 5.07. The lowest BCUT2D eigenvalue weighted by Crippen LogP contribution is -2.50. The number of ether oxygens (including phenoxy) is 1. The summed E-state index contributed by atoms with van der Waals surface area (Å²) in [4.78, 5) is 21.7. The van der Waals surface area contributed by atoms with Gasteiger partial charge >= 0.3 is 6.09 Å². The Bertz CT molecular complexity index is 794. The molecule has 1 aliphatic heterocycles. The summed E-state index contributed by atoms with van der Waals surface area (Å²) in [6.45, 7) is 3.54. The van der Waals surface area contributed by atoms with Crippen LogP contribution in [0.2, 0.25) is 0 Å². The van der Waals surface area contributed by atoms with Crippen LogP contribution in [-0.4, -0.2) is 40.0 Å². The van der Waals surface area contributed by atoms with E-state index in [0.29, 0.717) is 18.5 Å². The Labute approximate surface area is 163 Å². The predicted molar refractivity (Wildman–Crippen MR) is 101 cm³/mol. The lowest BCUT2D eigenvalue weighted by Gasteiger charge is -2.37. The highest BCUT2D eigenvalue weighted by atomic mass is 19.3. The molecule has 0 aliphatic carbocycles. The van der Waals surface area contributed by atoms with Crippen molar-refractivity contribution in [3.8, 4) is 0 Å². The normalized spacial score (nSPS) is 18.7. The molecule has 1 aromatic heterocycles. The Morgan fingerprint density at radius 2 is 1.96 bits per heavy atom. The first-order valence-electron chi connectivity index (χ1n) is 9.46. The van der Waals surface area contributed by atoms with Crippen molar-refractivity contribution in [1.82, 2.24) is 14.9 Å². The molecule has 150 valence electrons. The van der Waals surface area contributed by atoms with Gasteiger partial charge in [-0.2, -0.15) is 0 Å². The molecule has 3 rings (SSSR count). The van der Waals surface area contributed by atoms with Gasteiger partial charge in [0.05, 0.1) is 17.9 Å². The number of piperidine rings is 1. The summed E-state index contributed by atoms with van der Waals surface area (Å²) in [7, 11) is 0. The zero-order valence-corrected chi connectivity index (χ0v) is 16.2. The molecule has 1 atom stereocenters. The zero-order valence-electron chi connectivity index (χ0n) is 16.2. The molecule has 0 unspecified atom stereocenters. The molecule has 1 saturated heterocycles. The minimum Gasteiger partial charge on any atom is -0.445 e. The van der Waals surface area contributed by atoms with Crippen molar-refractivity contribution >= 4 is 6.09 Å². The van der Waals surface area contributed by atoms with Gasteiger partial charge < -0.3 is 9.64 Å². The molecule has 1 amide bonds. The summed E-state index contributed by atoms with van der Waals surface area (Å²) < 4.78 is 34.3. The van der Waals surface area contributed by atoms with Crippen molar-refractivity contribution in [2.24, 2.45) is 5.92 Å².